The third-order valence-electron chi connectivity index (χ3n) is 2.83. The van der Waals surface area contributed by atoms with E-state index in [1.54, 1.807) is 0 Å². The average molecular weight is 242 g/mol. The Balaban J connectivity index is 2.55. The first-order valence-corrected chi connectivity index (χ1v) is 6.71. The molecule has 1 N–H and O–H groups in total. The van der Waals surface area contributed by atoms with Crippen LogP contribution >= 0.6 is 11.5 Å². The fourth-order valence-electron chi connectivity index (χ4n) is 1.39. The highest BCUT2D eigenvalue weighted by Crippen LogP contribution is 2.19. The molecule has 1 atom stereocenters. The van der Waals surface area contributed by atoms with Crippen LogP contribution in [0.1, 0.15) is 39.3 Å². The summed E-state index contributed by atoms with van der Waals surface area (Å²) in [5.41, 5.74) is 1.07. The van der Waals surface area contributed by atoms with E-state index >= 15 is 0 Å². The smallest absolute Gasteiger partial charge is 0.134 e. The minimum atomic E-state index is 0.584. The Morgan fingerprint density at radius 3 is 2.81 bits per heavy atom. The molecule has 1 aromatic heterocycles. The maximum atomic E-state index is 4.19. The van der Waals surface area contributed by atoms with Gasteiger partial charge in [0.2, 0.25) is 0 Å². The summed E-state index contributed by atoms with van der Waals surface area (Å²) in [4.78, 5) is 2.31. The van der Waals surface area contributed by atoms with Crippen LogP contribution in [-0.2, 0) is 6.54 Å². The van der Waals surface area contributed by atoms with Gasteiger partial charge in [-0.25, -0.2) is 0 Å². The zero-order valence-electron chi connectivity index (χ0n) is 10.7. The normalized spacial score (nSPS) is 13.1. The van der Waals surface area contributed by atoms with E-state index in [4.69, 9.17) is 0 Å². The molecule has 0 saturated carbocycles. The summed E-state index contributed by atoms with van der Waals surface area (Å²) in [5, 5.41) is 8.68. The van der Waals surface area contributed by atoms with Gasteiger partial charge in [-0.1, -0.05) is 18.3 Å². The van der Waals surface area contributed by atoms with Gasteiger partial charge < -0.3 is 5.32 Å². The van der Waals surface area contributed by atoms with Crippen LogP contribution in [-0.4, -0.2) is 34.1 Å². The fraction of sp³-hybridized carbons (Fsp3) is 0.818. The second-order valence-corrected chi connectivity index (χ2v) is 4.90. The van der Waals surface area contributed by atoms with Crippen molar-refractivity contribution in [2.24, 2.45) is 0 Å². The Labute approximate surface area is 102 Å². The number of anilines is 1. The Morgan fingerprint density at radius 2 is 2.19 bits per heavy atom. The topological polar surface area (TPSA) is 41.1 Å². The first-order valence-electron chi connectivity index (χ1n) is 5.94. The molecule has 0 fully saturated rings. The SMILES string of the molecule is CCCNc1snnc1CN(C)C(C)CC. The maximum Gasteiger partial charge on any atom is 0.134 e. The first-order chi connectivity index (χ1) is 7.69. The lowest BCUT2D eigenvalue weighted by atomic mass is 10.2. The second-order valence-electron chi connectivity index (χ2n) is 4.15. The number of aromatic nitrogens is 2. The van der Waals surface area contributed by atoms with Gasteiger partial charge in [0.05, 0.1) is 0 Å². The molecule has 0 aliphatic rings. The lowest BCUT2D eigenvalue weighted by molar-refractivity contribution is 0.241. The molecular formula is C11H22N4S. The van der Waals surface area contributed by atoms with Crippen LogP contribution in [0.2, 0.25) is 0 Å². The summed E-state index contributed by atoms with van der Waals surface area (Å²) in [5.74, 6) is 0. The van der Waals surface area contributed by atoms with Crippen LogP contribution in [0.4, 0.5) is 5.00 Å². The van der Waals surface area contributed by atoms with Crippen LogP contribution in [0.5, 0.6) is 0 Å². The Morgan fingerprint density at radius 1 is 1.44 bits per heavy atom. The predicted octanol–water partition coefficient (Wildman–Crippen LogP) is 2.59. The number of hydrogen-bond acceptors (Lipinski definition) is 5. The summed E-state index contributed by atoms with van der Waals surface area (Å²) >= 11 is 1.45. The number of hydrogen-bond donors (Lipinski definition) is 1. The van der Waals surface area contributed by atoms with E-state index in [-0.39, 0.29) is 0 Å². The fourth-order valence-corrected chi connectivity index (χ4v) is 1.99. The molecule has 1 heterocycles. The van der Waals surface area contributed by atoms with E-state index in [1.807, 2.05) is 0 Å². The van der Waals surface area contributed by atoms with Gasteiger partial charge in [-0.3, -0.25) is 4.90 Å². The minimum Gasteiger partial charge on any atom is -0.374 e. The molecule has 1 unspecified atom stereocenters. The molecular weight excluding hydrogens is 220 g/mol. The van der Waals surface area contributed by atoms with Gasteiger partial charge in [-0.2, -0.15) is 0 Å². The molecule has 0 bridgehead atoms. The van der Waals surface area contributed by atoms with Crippen LogP contribution in [0.3, 0.4) is 0 Å². The van der Waals surface area contributed by atoms with Gasteiger partial charge in [0, 0.05) is 30.7 Å². The first kappa shape index (κ1) is 13.4. The van der Waals surface area contributed by atoms with E-state index in [0.717, 1.165) is 36.6 Å². The van der Waals surface area contributed by atoms with Crippen LogP contribution < -0.4 is 5.32 Å². The number of nitrogens with zero attached hydrogens (tertiary/aromatic N) is 3. The van der Waals surface area contributed by atoms with Gasteiger partial charge in [0.25, 0.3) is 0 Å². The molecule has 0 spiro atoms. The molecule has 1 aromatic rings. The number of nitrogens with one attached hydrogen (secondary N) is 1. The standard InChI is InChI=1S/C11H22N4S/c1-5-7-12-11-10(13-14-16-11)8-15(4)9(3)6-2/h9,12H,5-8H2,1-4H3. The Bertz CT molecular complexity index is 300. The summed E-state index contributed by atoms with van der Waals surface area (Å²) in [6, 6.07) is 0.584. The molecule has 1 rings (SSSR count). The number of rotatable bonds is 7. The molecule has 0 aliphatic carbocycles. The summed E-state index contributed by atoms with van der Waals surface area (Å²) < 4.78 is 4.02. The van der Waals surface area contributed by atoms with Crippen LogP contribution in [0, 0.1) is 0 Å². The molecule has 16 heavy (non-hydrogen) atoms. The quantitative estimate of drug-likeness (QED) is 0.798. The van der Waals surface area contributed by atoms with Crippen molar-refractivity contribution >= 4 is 16.5 Å². The van der Waals surface area contributed by atoms with Crippen molar-refractivity contribution in [1.82, 2.24) is 14.5 Å². The molecule has 0 radical (unpaired) electrons. The minimum absolute atomic E-state index is 0.584. The lowest BCUT2D eigenvalue weighted by Crippen LogP contribution is -2.28. The largest absolute Gasteiger partial charge is 0.374 e. The zero-order chi connectivity index (χ0) is 12.0. The highest BCUT2D eigenvalue weighted by Gasteiger charge is 2.13. The molecule has 5 heteroatoms. The maximum absolute atomic E-state index is 4.19. The lowest BCUT2D eigenvalue weighted by Gasteiger charge is -2.22. The molecule has 92 valence electrons. The van der Waals surface area contributed by atoms with Crippen molar-refractivity contribution in [2.75, 3.05) is 18.9 Å². The van der Waals surface area contributed by atoms with Crippen molar-refractivity contribution < 1.29 is 0 Å². The Kier molecular flexibility index (Phi) is 5.69. The van der Waals surface area contributed by atoms with Gasteiger partial charge >= 0.3 is 0 Å². The monoisotopic (exact) mass is 242 g/mol. The highest BCUT2D eigenvalue weighted by atomic mass is 32.1. The summed E-state index contributed by atoms with van der Waals surface area (Å²) in [7, 11) is 2.14. The van der Waals surface area contributed by atoms with Gasteiger partial charge in [-0.15, -0.1) is 5.10 Å². The van der Waals surface area contributed by atoms with Crippen molar-refractivity contribution in [2.45, 2.75) is 46.2 Å². The van der Waals surface area contributed by atoms with Gasteiger partial charge in [0.1, 0.15) is 10.7 Å². The predicted molar refractivity (Wildman–Crippen MR) is 69.9 cm³/mol. The second kappa shape index (κ2) is 6.81. The molecule has 0 amide bonds. The zero-order valence-corrected chi connectivity index (χ0v) is 11.5. The molecule has 0 aromatic carbocycles. The summed E-state index contributed by atoms with van der Waals surface area (Å²) in [6.45, 7) is 8.46. The van der Waals surface area contributed by atoms with Crippen molar-refractivity contribution in [1.29, 1.82) is 0 Å². The highest BCUT2D eigenvalue weighted by molar-refractivity contribution is 7.10. The molecule has 4 nitrogen and oxygen atoms in total. The van der Waals surface area contributed by atoms with Crippen LogP contribution in [0.15, 0.2) is 0 Å². The third-order valence-corrected chi connectivity index (χ3v) is 3.56. The molecule has 0 aliphatic heterocycles. The average Bonchev–Trinajstić information content (AvgIpc) is 2.72. The van der Waals surface area contributed by atoms with Crippen molar-refractivity contribution in [3.8, 4) is 0 Å². The van der Waals surface area contributed by atoms with Gasteiger partial charge in [-0.05, 0) is 26.8 Å². The van der Waals surface area contributed by atoms with Gasteiger partial charge in [0.15, 0.2) is 0 Å². The Hall–Kier alpha value is -0.680. The summed E-state index contributed by atoms with van der Waals surface area (Å²) in [6.07, 6.45) is 2.28. The molecule has 0 saturated heterocycles. The van der Waals surface area contributed by atoms with E-state index in [2.05, 4.69) is 47.6 Å². The van der Waals surface area contributed by atoms with Crippen LogP contribution in [0.25, 0.3) is 0 Å². The van der Waals surface area contributed by atoms with Crippen molar-refractivity contribution in [3.63, 3.8) is 0 Å². The third kappa shape index (κ3) is 3.72. The van der Waals surface area contributed by atoms with E-state index in [0.29, 0.717) is 6.04 Å². The van der Waals surface area contributed by atoms with Crippen molar-refractivity contribution in [3.05, 3.63) is 5.69 Å². The van der Waals surface area contributed by atoms with E-state index in [1.165, 1.54) is 11.5 Å². The van der Waals surface area contributed by atoms with E-state index < -0.39 is 0 Å². The van der Waals surface area contributed by atoms with E-state index in [9.17, 15) is 0 Å².